The van der Waals surface area contributed by atoms with Gasteiger partial charge >= 0.3 is 6.03 Å². The van der Waals surface area contributed by atoms with E-state index in [1.807, 2.05) is 0 Å². The van der Waals surface area contributed by atoms with Crippen LogP contribution in [0.4, 0.5) is 10.5 Å². The van der Waals surface area contributed by atoms with Crippen LogP contribution in [0.1, 0.15) is 11.5 Å². The molecule has 1 saturated heterocycles. The van der Waals surface area contributed by atoms with E-state index in [0.717, 1.165) is 0 Å². The molecule has 0 aliphatic carbocycles. The standard InChI is InChI=1S/C18H22N4O5/c1-13-10-15(21-27-13)11-19-18(24)20-14-2-4-16(5-3-14)26-12-17(23)22-6-8-25-9-7-22/h2-5,10H,6-9,11-12H2,1H3,(H2,19,20,24). The molecule has 1 aliphatic rings. The van der Waals surface area contributed by atoms with Gasteiger partial charge in [-0.3, -0.25) is 4.79 Å². The molecule has 1 aromatic carbocycles. The van der Waals surface area contributed by atoms with Gasteiger partial charge in [0.1, 0.15) is 17.2 Å². The van der Waals surface area contributed by atoms with Gasteiger partial charge in [-0.25, -0.2) is 4.79 Å². The zero-order valence-electron chi connectivity index (χ0n) is 15.1. The van der Waals surface area contributed by atoms with Gasteiger partial charge in [0.05, 0.1) is 19.8 Å². The summed E-state index contributed by atoms with van der Waals surface area (Å²) in [6.07, 6.45) is 0. The molecule has 9 heteroatoms. The SMILES string of the molecule is Cc1cc(CNC(=O)Nc2ccc(OCC(=O)N3CCOCC3)cc2)no1. The van der Waals surface area contributed by atoms with Gasteiger partial charge in [0.15, 0.2) is 6.61 Å². The summed E-state index contributed by atoms with van der Waals surface area (Å²) in [5, 5.41) is 9.20. The van der Waals surface area contributed by atoms with Crippen molar-refractivity contribution in [3.05, 3.63) is 41.8 Å². The number of rotatable bonds is 6. The lowest BCUT2D eigenvalue weighted by atomic mass is 10.3. The minimum absolute atomic E-state index is 0.0234. The van der Waals surface area contributed by atoms with Crippen molar-refractivity contribution in [2.24, 2.45) is 0 Å². The predicted octanol–water partition coefficient (Wildman–Crippen LogP) is 1.54. The molecule has 0 unspecified atom stereocenters. The summed E-state index contributed by atoms with van der Waals surface area (Å²) in [5.74, 6) is 1.18. The number of benzene rings is 1. The maximum absolute atomic E-state index is 12.0. The monoisotopic (exact) mass is 374 g/mol. The highest BCUT2D eigenvalue weighted by Gasteiger charge is 2.17. The zero-order valence-corrected chi connectivity index (χ0v) is 15.1. The van der Waals surface area contributed by atoms with Gasteiger partial charge in [-0.05, 0) is 31.2 Å². The third-order valence-corrected chi connectivity index (χ3v) is 3.95. The molecule has 0 bridgehead atoms. The number of morpholine rings is 1. The van der Waals surface area contributed by atoms with Crippen molar-refractivity contribution in [3.63, 3.8) is 0 Å². The number of ether oxygens (including phenoxy) is 2. The largest absolute Gasteiger partial charge is 0.484 e. The fourth-order valence-electron chi connectivity index (χ4n) is 2.53. The topological polar surface area (TPSA) is 106 Å². The number of nitrogens with one attached hydrogen (secondary N) is 2. The number of anilines is 1. The summed E-state index contributed by atoms with van der Waals surface area (Å²) in [6.45, 7) is 4.34. The van der Waals surface area contributed by atoms with Crippen molar-refractivity contribution in [2.75, 3.05) is 38.2 Å². The maximum atomic E-state index is 12.0. The minimum Gasteiger partial charge on any atom is -0.484 e. The van der Waals surface area contributed by atoms with Crippen LogP contribution in [0.3, 0.4) is 0 Å². The Morgan fingerprint density at radius 3 is 2.63 bits per heavy atom. The highest BCUT2D eigenvalue weighted by molar-refractivity contribution is 5.89. The summed E-state index contributed by atoms with van der Waals surface area (Å²) in [4.78, 5) is 25.7. The molecule has 3 rings (SSSR count). The van der Waals surface area contributed by atoms with Crippen LogP contribution >= 0.6 is 0 Å². The van der Waals surface area contributed by atoms with E-state index in [1.54, 1.807) is 42.2 Å². The van der Waals surface area contributed by atoms with E-state index < -0.39 is 0 Å². The number of hydrogen-bond donors (Lipinski definition) is 2. The molecule has 9 nitrogen and oxygen atoms in total. The number of aryl methyl sites for hydroxylation is 1. The summed E-state index contributed by atoms with van der Waals surface area (Å²) in [5.41, 5.74) is 1.26. The van der Waals surface area contributed by atoms with E-state index in [-0.39, 0.29) is 25.1 Å². The second kappa shape index (κ2) is 9.04. The van der Waals surface area contributed by atoms with Crippen LogP contribution in [0.15, 0.2) is 34.9 Å². The Morgan fingerprint density at radius 1 is 1.22 bits per heavy atom. The van der Waals surface area contributed by atoms with Gasteiger partial charge in [0, 0.05) is 24.8 Å². The predicted molar refractivity (Wildman–Crippen MR) is 96.4 cm³/mol. The van der Waals surface area contributed by atoms with Gasteiger partial charge < -0.3 is 29.5 Å². The molecule has 0 spiro atoms. The summed E-state index contributed by atoms with van der Waals surface area (Å²) >= 11 is 0. The molecule has 3 amide bonds. The van der Waals surface area contributed by atoms with Gasteiger partial charge in [-0.1, -0.05) is 5.16 Å². The van der Waals surface area contributed by atoms with E-state index in [2.05, 4.69) is 15.8 Å². The third kappa shape index (κ3) is 5.71. The number of carbonyl (C=O) groups is 2. The van der Waals surface area contributed by atoms with Crippen LogP contribution in [-0.2, 0) is 16.1 Å². The van der Waals surface area contributed by atoms with E-state index in [9.17, 15) is 9.59 Å². The summed E-state index contributed by atoms with van der Waals surface area (Å²) < 4.78 is 15.7. The fourth-order valence-corrected chi connectivity index (χ4v) is 2.53. The molecule has 0 saturated carbocycles. The Kier molecular flexibility index (Phi) is 6.26. The lowest BCUT2D eigenvalue weighted by Crippen LogP contribution is -2.42. The van der Waals surface area contributed by atoms with Crippen molar-refractivity contribution in [1.29, 1.82) is 0 Å². The van der Waals surface area contributed by atoms with Gasteiger partial charge in [0.25, 0.3) is 5.91 Å². The third-order valence-electron chi connectivity index (χ3n) is 3.95. The number of nitrogens with zero attached hydrogens (tertiary/aromatic N) is 2. The molecule has 1 aliphatic heterocycles. The van der Waals surface area contributed by atoms with Crippen molar-refractivity contribution < 1.29 is 23.6 Å². The molecular formula is C18H22N4O5. The molecule has 144 valence electrons. The highest BCUT2D eigenvalue weighted by atomic mass is 16.5. The lowest BCUT2D eigenvalue weighted by Gasteiger charge is -2.26. The summed E-state index contributed by atoms with van der Waals surface area (Å²) in [7, 11) is 0. The minimum atomic E-state index is -0.355. The molecule has 2 aromatic rings. The van der Waals surface area contributed by atoms with Crippen LogP contribution in [-0.4, -0.2) is 54.9 Å². The Hall–Kier alpha value is -3.07. The first kappa shape index (κ1) is 18.7. The average molecular weight is 374 g/mol. The van der Waals surface area contributed by atoms with Crippen LogP contribution in [0.5, 0.6) is 5.75 Å². The second-order valence-corrected chi connectivity index (χ2v) is 6.04. The second-order valence-electron chi connectivity index (χ2n) is 6.04. The maximum Gasteiger partial charge on any atom is 0.319 e. The average Bonchev–Trinajstić information content (AvgIpc) is 3.11. The Balaban J connectivity index is 1.41. The fraction of sp³-hybridized carbons (Fsp3) is 0.389. The van der Waals surface area contributed by atoms with Gasteiger partial charge in [-0.15, -0.1) is 0 Å². The highest BCUT2D eigenvalue weighted by Crippen LogP contribution is 2.16. The van der Waals surface area contributed by atoms with E-state index in [0.29, 0.717) is 49.2 Å². The quantitative estimate of drug-likeness (QED) is 0.795. The molecule has 0 radical (unpaired) electrons. The van der Waals surface area contributed by atoms with Crippen molar-refractivity contribution in [3.8, 4) is 5.75 Å². The Labute approximate surface area is 156 Å². The molecule has 2 N–H and O–H groups in total. The Bertz CT molecular complexity index is 768. The molecule has 1 aromatic heterocycles. The Morgan fingerprint density at radius 2 is 1.96 bits per heavy atom. The van der Waals surface area contributed by atoms with Crippen LogP contribution in [0, 0.1) is 6.92 Å². The normalized spacial score (nSPS) is 13.9. The molecule has 0 atom stereocenters. The molecule has 2 heterocycles. The first-order chi connectivity index (χ1) is 13.1. The smallest absolute Gasteiger partial charge is 0.319 e. The van der Waals surface area contributed by atoms with Crippen molar-refractivity contribution in [1.82, 2.24) is 15.4 Å². The van der Waals surface area contributed by atoms with E-state index in [4.69, 9.17) is 14.0 Å². The van der Waals surface area contributed by atoms with E-state index >= 15 is 0 Å². The number of carbonyl (C=O) groups excluding carboxylic acids is 2. The lowest BCUT2D eigenvalue weighted by molar-refractivity contribution is -0.137. The zero-order chi connectivity index (χ0) is 19.1. The molecular weight excluding hydrogens is 352 g/mol. The van der Waals surface area contributed by atoms with Crippen molar-refractivity contribution >= 4 is 17.6 Å². The molecule has 27 heavy (non-hydrogen) atoms. The number of urea groups is 1. The van der Waals surface area contributed by atoms with Gasteiger partial charge in [0.2, 0.25) is 0 Å². The number of amides is 3. The summed E-state index contributed by atoms with van der Waals surface area (Å²) in [6, 6.07) is 8.20. The molecule has 1 fully saturated rings. The van der Waals surface area contributed by atoms with Crippen LogP contribution < -0.4 is 15.4 Å². The van der Waals surface area contributed by atoms with Gasteiger partial charge in [-0.2, -0.15) is 0 Å². The van der Waals surface area contributed by atoms with Crippen LogP contribution in [0.25, 0.3) is 0 Å². The number of aromatic nitrogens is 1. The first-order valence-electron chi connectivity index (χ1n) is 8.65. The van der Waals surface area contributed by atoms with Crippen LogP contribution in [0.2, 0.25) is 0 Å². The van der Waals surface area contributed by atoms with E-state index in [1.165, 1.54) is 0 Å². The number of hydrogen-bond acceptors (Lipinski definition) is 6. The van der Waals surface area contributed by atoms with Crippen molar-refractivity contribution in [2.45, 2.75) is 13.5 Å². The first-order valence-corrected chi connectivity index (χ1v) is 8.65.